The molecule has 0 spiro atoms. The zero-order chi connectivity index (χ0) is 10.6. The fraction of sp³-hybridized carbons (Fsp3) is 0.400. The van der Waals surface area contributed by atoms with Crippen LogP contribution >= 0.6 is 0 Å². The fourth-order valence-corrected chi connectivity index (χ4v) is 1.01. The molecule has 0 saturated carbocycles. The number of benzene rings is 1. The van der Waals surface area contributed by atoms with Gasteiger partial charge in [0.05, 0.1) is 12.2 Å². The molecule has 1 aromatic carbocycles. The topological polar surface area (TPSA) is 9.23 Å². The van der Waals surface area contributed by atoms with E-state index in [4.69, 9.17) is 4.74 Å². The summed E-state index contributed by atoms with van der Waals surface area (Å²) in [6, 6.07) is 4.99. The molecule has 0 aliphatic rings. The number of halogens is 3. The molecule has 0 aliphatic heterocycles. The highest BCUT2D eigenvalue weighted by Crippen LogP contribution is 2.29. The molecule has 0 saturated heterocycles. The highest BCUT2D eigenvalue weighted by Gasteiger charge is 2.29. The molecule has 0 bridgehead atoms. The summed E-state index contributed by atoms with van der Waals surface area (Å²) in [6.07, 6.45) is -4.26. The first-order valence-corrected chi connectivity index (χ1v) is 4.28. The maximum atomic E-state index is 12.1. The molecule has 14 heavy (non-hydrogen) atoms. The van der Waals surface area contributed by atoms with Crippen LogP contribution in [0.25, 0.3) is 0 Å². The standard InChI is InChI=1S/C10H11F3O/c1-2-14-7-8-3-5-9(6-4-8)10(11,12)13/h3-6H,2,7H2,1H3. The normalized spacial score (nSPS) is 11.7. The fourth-order valence-electron chi connectivity index (χ4n) is 1.01. The van der Waals surface area contributed by atoms with E-state index in [9.17, 15) is 13.2 Å². The third kappa shape index (κ3) is 3.03. The summed E-state index contributed by atoms with van der Waals surface area (Å²) in [6.45, 7) is 2.75. The van der Waals surface area contributed by atoms with Crippen molar-refractivity contribution < 1.29 is 17.9 Å². The van der Waals surface area contributed by atoms with E-state index >= 15 is 0 Å². The Balaban J connectivity index is 2.69. The summed E-state index contributed by atoms with van der Waals surface area (Å²) < 4.78 is 41.5. The first-order chi connectivity index (χ1) is 6.54. The Labute approximate surface area is 80.5 Å². The van der Waals surface area contributed by atoms with Gasteiger partial charge in [-0.25, -0.2) is 0 Å². The molecule has 0 N–H and O–H groups in total. The average Bonchev–Trinajstić information content (AvgIpc) is 2.14. The third-order valence-corrected chi connectivity index (χ3v) is 1.75. The zero-order valence-electron chi connectivity index (χ0n) is 7.77. The maximum absolute atomic E-state index is 12.1. The van der Waals surface area contributed by atoms with Crippen LogP contribution in [0.5, 0.6) is 0 Å². The van der Waals surface area contributed by atoms with Gasteiger partial charge in [-0.3, -0.25) is 0 Å². The molecule has 0 heterocycles. The van der Waals surface area contributed by atoms with E-state index in [1.807, 2.05) is 6.92 Å². The lowest BCUT2D eigenvalue weighted by Gasteiger charge is -2.07. The summed E-state index contributed by atoms with van der Waals surface area (Å²) in [5.41, 5.74) is 0.123. The van der Waals surface area contributed by atoms with Gasteiger partial charge >= 0.3 is 6.18 Å². The monoisotopic (exact) mass is 204 g/mol. The van der Waals surface area contributed by atoms with Gasteiger partial charge in [0, 0.05) is 6.61 Å². The van der Waals surface area contributed by atoms with Crippen molar-refractivity contribution in [2.24, 2.45) is 0 Å². The first kappa shape index (κ1) is 11.0. The van der Waals surface area contributed by atoms with Gasteiger partial charge in [-0.2, -0.15) is 13.2 Å². The predicted octanol–water partition coefficient (Wildman–Crippen LogP) is 3.24. The minimum atomic E-state index is -4.26. The Morgan fingerprint density at radius 1 is 1.14 bits per heavy atom. The first-order valence-electron chi connectivity index (χ1n) is 4.28. The van der Waals surface area contributed by atoms with Crippen molar-refractivity contribution in [2.75, 3.05) is 6.61 Å². The molecule has 1 rings (SSSR count). The van der Waals surface area contributed by atoms with Gasteiger partial charge in [-0.15, -0.1) is 0 Å². The summed E-state index contributed by atoms with van der Waals surface area (Å²) >= 11 is 0. The van der Waals surface area contributed by atoms with Crippen molar-refractivity contribution in [3.63, 3.8) is 0 Å². The van der Waals surface area contributed by atoms with Crippen LogP contribution in [0, 0.1) is 0 Å². The molecule has 78 valence electrons. The summed E-state index contributed by atoms with van der Waals surface area (Å²) in [5, 5.41) is 0. The van der Waals surface area contributed by atoms with E-state index in [1.54, 1.807) is 0 Å². The SMILES string of the molecule is CCOCc1ccc(C(F)(F)F)cc1. The lowest BCUT2D eigenvalue weighted by molar-refractivity contribution is -0.137. The van der Waals surface area contributed by atoms with Crippen molar-refractivity contribution in [1.29, 1.82) is 0 Å². The number of ether oxygens (including phenoxy) is 1. The maximum Gasteiger partial charge on any atom is 0.416 e. The Morgan fingerprint density at radius 2 is 1.71 bits per heavy atom. The van der Waals surface area contributed by atoms with Crippen LogP contribution in [-0.2, 0) is 17.5 Å². The predicted molar refractivity (Wildman–Crippen MR) is 46.8 cm³/mol. The number of hydrogen-bond acceptors (Lipinski definition) is 1. The second kappa shape index (κ2) is 4.46. The molecule has 1 aromatic rings. The Bertz CT molecular complexity index is 276. The largest absolute Gasteiger partial charge is 0.416 e. The van der Waals surface area contributed by atoms with Crippen LogP contribution in [0.4, 0.5) is 13.2 Å². The van der Waals surface area contributed by atoms with Crippen LogP contribution in [-0.4, -0.2) is 6.61 Å². The van der Waals surface area contributed by atoms with Crippen molar-refractivity contribution in [3.05, 3.63) is 35.4 Å². The Morgan fingerprint density at radius 3 is 2.14 bits per heavy atom. The second-order valence-electron chi connectivity index (χ2n) is 2.83. The lowest BCUT2D eigenvalue weighted by atomic mass is 10.1. The second-order valence-corrected chi connectivity index (χ2v) is 2.83. The van der Waals surface area contributed by atoms with Gasteiger partial charge in [-0.1, -0.05) is 12.1 Å². The van der Waals surface area contributed by atoms with Gasteiger partial charge in [0.2, 0.25) is 0 Å². The number of rotatable bonds is 3. The van der Waals surface area contributed by atoms with Crippen molar-refractivity contribution in [1.82, 2.24) is 0 Å². The van der Waals surface area contributed by atoms with Crippen LogP contribution < -0.4 is 0 Å². The highest BCUT2D eigenvalue weighted by atomic mass is 19.4. The quantitative estimate of drug-likeness (QED) is 0.734. The molecule has 0 fully saturated rings. The zero-order valence-corrected chi connectivity index (χ0v) is 7.77. The smallest absolute Gasteiger partial charge is 0.377 e. The van der Waals surface area contributed by atoms with Crippen LogP contribution in [0.1, 0.15) is 18.1 Å². The van der Waals surface area contributed by atoms with Gasteiger partial charge < -0.3 is 4.74 Å². The summed E-state index contributed by atoms with van der Waals surface area (Å²) in [7, 11) is 0. The van der Waals surface area contributed by atoms with E-state index < -0.39 is 11.7 Å². The third-order valence-electron chi connectivity index (χ3n) is 1.75. The molecule has 0 unspecified atom stereocenters. The van der Waals surface area contributed by atoms with Gasteiger partial charge in [0.15, 0.2) is 0 Å². The van der Waals surface area contributed by atoms with E-state index in [1.165, 1.54) is 12.1 Å². The Hall–Kier alpha value is -1.03. The van der Waals surface area contributed by atoms with Gasteiger partial charge in [0.25, 0.3) is 0 Å². The average molecular weight is 204 g/mol. The lowest BCUT2D eigenvalue weighted by Crippen LogP contribution is -2.04. The van der Waals surface area contributed by atoms with Crippen molar-refractivity contribution in [2.45, 2.75) is 19.7 Å². The highest BCUT2D eigenvalue weighted by molar-refractivity contribution is 5.24. The van der Waals surface area contributed by atoms with Crippen molar-refractivity contribution in [3.8, 4) is 0 Å². The van der Waals surface area contributed by atoms with E-state index in [-0.39, 0.29) is 0 Å². The van der Waals surface area contributed by atoms with E-state index in [0.29, 0.717) is 13.2 Å². The molecular weight excluding hydrogens is 193 g/mol. The number of alkyl halides is 3. The van der Waals surface area contributed by atoms with Gasteiger partial charge in [-0.05, 0) is 24.6 Å². The molecular formula is C10H11F3O. The Kier molecular flexibility index (Phi) is 3.52. The summed E-state index contributed by atoms with van der Waals surface area (Å²) in [4.78, 5) is 0. The molecule has 0 aliphatic carbocycles. The molecule has 1 nitrogen and oxygen atoms in total. The minimum Gasteiger partial charge on any atom is -0.377 e. The van der Waals surface area contributed by atoms with Crippen LogP contribution in [0.3, 0.4) is 0 Å². The molecule has 4 heteroatoms. The molecule has 0 atom stereocenters. The number of hydrogen-bond donors (Lipinski definition) is 0. The molecule has 0 radical (unpaired) electrons. The van der Waals surface area contributed by atoms with E-state index in [2.05, 4.69) is 0 Å². The molecule has 0 aromatic heterocycles. The minimum absolute atomic E-state index is 0.356. The molecule has 0 amide bonds. The van der Waals surface area contributed by atoms with E-state index in [0.717, 1.165) is 17.7 Å². The van der Waals surface area contributed by atoms with Gasteiger partial charge in [0.1, 0.15) is 0 Å². The van der Waals surface area contributed by atoms with Crippen LogP contribution in [0.2, 0.25) is 0 Å². The summed E-state index contributed by atoms with van der Waals surface area (Å²) in [5.74, 6) is 0. The van der Waals surface area contributed by atoms with Crippen LogP contribution in [0.15, 0.2) is 24.3 Å². The van der Waals surface area contributed by atoms with Crippen molar-refractivity contribution >= 4 is 0 Å².